The van der Waals surface area contributed by atoms with Gasteiger partial charge in [-0.1, -0.05) is 42.5 Å². The molecule has 0 atom stereocenters. The number of carbonyl (C=O) groups excluding carboxylic acids is 3. The lowest BCUT2D eigenvalue weighted by atomic mass is 10.1. The standard InChI is InChI=1S/C23H23FN4O3S/c1-28(21(30)11-10-20(29)17-7-3-2-4-8-17)14-19-15-32-23(26-19)27-22(31)25-13-16-6-5-9-18(24)12-16/h2-9,12,15H,10-11,13-14H2,1H3,(H2,25,26,27,31). The Labute approximate surface area is 189 Å². The number of ketones is 1. The predicted octanol–water partition coefficient (Wildman–Crippen LogP) is 4.23. The van der Waals surface area contributed by atoms with Gasteiger partial charge in [-0.2, -0.15) is 0 Å². The Kier molecular flexibility index (Phi) is 8.04. The fourth-order valence-electron chi connectivity index (χ4n) is 2.92. The number of carbonyl (C=O) groups is 3. The van der Waals surface area contributed by atoms with Crippen LogP contribution in [0.15, 0.2) is 60.0 Å². The minimum Gasteiger partial charge on any atom is -0.340 e. The van der Waals surface area contributed by atoms with Gasteiger partial charge in [-0.25, -0.2) is 14.2 Å². The van der Waals surface area contributed by atoms with E-state index in [0.717, 1.165) is 0 Å². The van der Waals surface area contributed by atoms with Crippen LogP contribution >= 0.6 is 11.3 Å². The molecule has 0 aliphatic rings. The van der Waals surface area contributed by atoms with Gasteiger partial charge in [0.15, 0.2) is 10.9 Å². The van der Waals surface area contributed by atoms with E-state index in [1.165, 1.54) is 28.4 Å². The van der Waals surface area contributed by atoms with Crippen molar-refractivity contribution in [1.29, 1.82) is 0 Å². The minimum atomic E-state index is -0.459. The Morgan fingerprint density at radius 1 is 1.06 bits per heavy atom. The predicted molar refractivity (Wildman–Crippen MR) is 121 cm³/mol. The number of nitrogens with one attached hydrogen (secondary N) is 2. The average molecular weight is 455 g/mol. The van der Waals surface area contributed by atoms with Crippen LogP contribution in [0.4, 0.5) is 14.3 Å². The molecule has 1 aromatic heterocycles. The number of rotatable bonds is 9. The van der Waals surface area contributed by atoms with E-state index >= 15 is 0 Å². The van der Waals surface area contributed by atoms with Crippen molar-refractivity contribution in [2.24, 2.45) is 0 Å². The summed E-state index contributed by atoms with van der Waals surface area (Å²) >= 11 is 1.24. The summed E-state index contributed by atoms with van der Waals surface area (Å²) in [5.41, 5.74) is 1.86. The first-order chi connectivity index (χ1) is 15.4. The Balaban J connectivity index is 1.42. The smallest absolute Gasteiger partial charge is 0.321 e. The second kappa shape index (κ2) is 11.1. The van der Waals surface area contributed by atoms with Gasteiger partial charge in [-0.05, 0) is 17.7 Å². The quantitative estimate of drug-likeness (QED) is 0.474. The molecule has 1 heterocycles. The Morgan fingerprint density at radius 3 is 2.59 bits per heavy atom. The second-order valence-corrected chi connectivity index (χ2v) is 7.98. The first-order valence-corrected chi connectivity index (χ1v) is 10.8. The highest BCUT2D eigenvalue weighted by Gasteiger charge is 2.15. The number of hydrogen-bond acceptors (Lipinski definition) is 5. The zero-order valence-corrected chi connectivity index (χ0v) is 18.3. The molecule has 0 bridgehead atoms. The third-order valence-corrected chi connectivity index (χ3v) is 5.41. The molecule has 166 valence electrons. The third kappa shape index (κ3) is 6.98. The fraction of sp³-hybridized carbons (Fsp3) is 0.217. The number of nitrogens with zero attached hydrogens (tertiary/aromatic N) is 2. The molecular weight excluding hydrogens is 431 g/mol. The Bertz CT molecular complexity index is 1090. The van der Waals surface area contributed by atoms with Gasteiger partial charge in [0.05, 0.1) is 12.2 Å². The highest BCUT2D eigenvalue weighted by molar-refractivity contribution is 7.13. The van der Waals surface area contributed by atoms with Gasteiger partial charge in [0.1, 0.15) is 5.82 Å². The number of Topliss-reactive ketones (excluding diaryl/α,β-unsaturated/α-hetero) is 1. The molecule has 7 nitrogen and oxygen atoms in total. The van der Waals surface area contributed by atoms with Crippen LogP contribution in [-0.2, 0) is 17.9 Å². The van der Waals surface area contributed by atoms with Gasteiger partial charge >= 0.3 is 6.03 Å². The van der Waals surface area contributed by atoms with E-state index < -0.39 is 6.03 Å². The molecule has 3 aromatic rings. The molecule has 3 amide bonds. The summed E-state index contributed by atoms with van der Waals surface area (Å²) in [5, 5.41) is 7.40. The first-order valence-electron chi connectivity index (χ1n) is 9.96. The number of urea groups is 1. The third-order valence-electron chi connectivity index (χ3n) is 4.60. The molecule has 0 aliphatic carbocycles. The summed E-state index contributed by atoms with van der Waals surface area (Å²) in [6.07, 6.45) is 0.254. The topological polar surface area (TPSA) is 91.4 Å². The van der Waals surface area contributed by atoms with Crippen LogP contribution in [0.25, 0.3) is 0 Å². The van der Waals surface area contributed by atoms with Crippen LogP contribution < -0.4 is 10.6 Å². The number of amides is 3. The van der Waals surface area contributed by atoms with Gasteiger partial charge in [0, 0.05) is 37.4 Å². The molecule has 0 saturated carbocycles. The van der Waals surface area contributed by atoms with E-state index in [4.69, 9.17) is 0 Å². The molecule has 32 heavy (non-hydrogen) atoms. The summed E-state index contributed by atoms with van der Waals surface area (Å²) in [6.45, 7) is 0.447. The van der Waals surface area contributed by atoms with Crippen LogP contribution in [0.5, 0.6) is 0 Å². The van der Waals surface area contributed by atoms with Crippen molar-refractivity contribution in [3.05, 3.63) is 82.6 Å². The van der Waals surface area contributed by atoms with Crippen LogP contribution in [0, 0.1) is 5.82 Å². The minimum absolute atomic E-state index is 0.0725. The molecule has 2 aromatic carbocycles. The molecule has 0 unspecified atom stereocenters. The Hall–Kier alpha value is -3.59. The number of hydrogen-bond donors (Lipinski definition) is 2. The molecule has 0 spiro atoms. The number of anilines is 1. The van der Waals surface area contributed by atoms with E-state index in [2.05, 4.69) is 15.6 Å². The monoisotopic (exact) mass is 454 g/mol. The van der Waals surface area contributed by atoms with Crippen LogP contribution in [0.2, 0.25) is 0 Å². The maximum absolute atomic E-state index is 13.2. The summed E-state index contributed by atoms with van der Waals surface area (Å²) in [7, 11) is 1.65. The van der Waals surface area contributed by atoms with Gasteiger partial charge in [-0.15, -0.1) is 11.3 Å². The van der Waals surface area contributed by atoms with E-state index in [9.17, 15) is 18.8 Å². The fourth-order valence-corrected chi connectivity index (χ4v) is 3.61. The maximum atomic E-state index is 13.2. The van der Waals surface area contributed by atoms with Gasteiger partial charge in [0.25, 0.3) is 0 Å². The summed E-state index contributed by atoms with van der Waals surface area (Å²) < 4.78 is 13.2. The number of halogens is 1. The lowest BCUT2D eigenvalue weighted by Crippen LogP contribution is -2.28. The summed E-state index contributed by atoms with van der Waals surface area (Å²) in [4.78, 5) is 42.3. The molecule has 2 N–H and O–H groups in total. The van der Waals surface area contributed by atoms with Crippen molar-refractivity contribution in [3.8, 4) is 0 Å². The van der Waals surface area contributed by atoms with Crippen LogP contribution in [0.1, 0.15) is 34.5 Å². The maximum Gasteiger partial charge on any atom is 0.321 e. The van der Waals surface area contributed by atoms with E-state index in [-0.39, 0.29) is 43.4 Å². The van der Waals surface area contributed by atoms with Gasteiger partial charge in [-0.3, -0.25) is 14.9 Å². The van der Waals surface area contributed by atoms with Crippen molar-refractivity contribution >= 4 is 34.2 Å². The second-order valence-electron chi connectivity index (χ2n) is 7.12. The zero-order chi connectivity index (χ0) is 22.9. The number of aromatic nitrogens is 1. The van der Waals surface area contributed by atoms with Crippen LogP contribution in [0.3, 0.4) is 0 Å². The molecule has 0 saturated heterocycles. The average Bonchev–Trinajstić information content (AvgIpc) is 3.22. The summed E-state index contributed by atoms with van der Waals surface area (Å²) in [5.74, 6) is -0.598. The van der Waals surface area contributed by atoms with Crippen molar-refractivity contribution in [1.82, 2.24) is 15.2 Å². The SMILES string of the molecule is CN(Cc1csc(NC(=O)NCc2cccc(F)c2)n1)C(=O)CCC(=O)c1ccccc1. The van der Waals surface area contributed by atoms with Crippen molar-refractivity contribution in [2.45, 2.75) is 25.9 Å². The van der Waals surface area contributed by atoms with E-state index in [0.29, 0.717) is 22.0 Å². The molecule has 0 aliphatic heterocycles. The Morgan fingerprint density at radius 2 is 1.84 bits per heavy atom. The molecule has 9 heteroatoms. The number of benzene rings is 2. The lowest BCUT2D eigenvalue weighted by molar-refractivity contribution is -0.130. The highest BCUT2D eigenvalue weighted by atomic mass is 32.1. The molecule has 0 fully saturated rings. The van der Waals surface area contributed by atoms with Crippen molar-refractivity contribution in [3.63, 3.8) is 0 Å². The van der Waals surface area contributed by atoms with Gasteiger partial charge in [0.2, 0.25) is 5.91 Å². The van der Waals surface area contributed by atoms with Crippen molar-refractivity contribution < 1.29 is 18.8 Å². The first kappa shape index (κ1) is 23.1. The van der Waals surface area contributed by atoms with E-state index in [1.54, 1.807) is 48.8 Å². The van der Waals surface area contributed by atoms with E-state index in [1.807, 2.05) is 6.07 Å². The largest absolute Gasteiger partial charge is 0.340 e. The molecule has 0 radical (unpaired) electrons. The molecule has 3 rings (SSSR count). The molecular formula is C23H23FN4O3S. The normalized spacial score (nSPS) is 10.4. The summed E-state index contributed by atoms with van der Waals surface area (Å²) in [6, 6.07) is 14.4. The highest BCUT2D eigenvalue weighted by Crippen LogP contribution is 2.17. The van der Waals surface area contributed by atoms with Gasteiger partial charge < -0.3 is 10.2 Å². The lowest BCUT2D eigenvalue weighted by Gasteiger charge is -2.15. The zero-order valence-electron chi connectivity index (χ0n) is 17.5. The van der Waals surface area contributed by atoms with Crippen molar-refractivity contribution in [2.75, 3.05) is 12.4 Å². The number of thiazole rings is 1. The van der Waals surface area contributed by atoms with Crippen LogP contribution in [-0.4, -0.2) is 34.7 Å².